The van der Waals surface area contributed by atoms with Crippen LogP contribution < -0.4 is 10.3 Å². The number of sulfonamides is 1. The van der Waals surface area contributed by atoms with Crippen molar-refractivity contribution in [2.24, 2.45) is 0 Å². The molecule has 5 nitrogen and oxygen atoms in total. The highest BCUT2D eigenvalue weighted by molar-refractivity contribution is 7.89. The van der Waals surface area contributed by atoms with E-state index < -0.39 is 10.0 Å². The van der Waals surface area contributed by atoms with E-state index in [2.05, 4.69) is 34.6 Å². The van der Waals surface area contributed by atoms with Crippen LogP contribution in [0, 0.1) is 0 Å². The van der Waals surface area contributed by atoms with Crippen molar-refractivity contribution in [3.8, 4) is 0 Å². The highest BCUT2D eigenvalue weighted by Crippen LogP contribution is 2.31. The van der Waals surface area contributed by atoms with Crippen molar-refractivity contribution < 1.29 is 13.4 Å². The van der Waals surface area contributed by atoms with Crippen LogP contribution in [-0.4, -0.2) is 25.8 Å². The number of hydrogen-bond acceptors (Lipinski definition) is 3. The monoisotopic (exact) mass is 360 g/mol. The van der Waals surface area contributed by atoms with Crippen LogP contribution in [0.25, 0.3) is 0 Å². The Balaban J connectivity index is 1.78. The fourth-order valence-electron chi connectivity index (χ4n) is 3.46. The summed E-state index contributed by atoms with van der Waals surface area (Å²) in [5.74, 6) is 0.834. The number of nitrogens with zero attached hydrogens (tertiary/aromatic N) is 1. The maximum Gasteiger partial charge on any atom is 0.272 e. The third-order valence-electron chi connectivity index (χ3n) is 4.83. The molecule has 0 saturated heterocycles. The first-order chi connectivity index (χ1) is 12.1. The van der Waals surface area contributed by atoms with Crippen molar-refractivity contribution in [3.05, 3.63) is 53.7 Å². The molecule has 1 heterocycles. The molecule has 1 aliphatic rings. The molecule has 1 aromatic carbocycles. The van der Waals surface area contributed by atoms with Gasteiger partial charge < -0.3 is 0 Å². The number of fused-ring (bicyclic) bond motifs is 1. The maximum absolute atomic E-state index is 12.5. The molecule has 0 fully saturated rings. The quantitative estimate of drug-likeness (QED) is 0.861. The minimum atomic E-state index is -3.43. The van der Waals surface area contributed by atoms with Gasteiger partial charge in [0.25, 0.3) is 5.82 Å². The molecular formula is C19H26N3O2S+. The van der Waals surface area contributed by atoms with Crippen LogP contribution in [0.15, 0.2) is 47.5 Å². The van der Waals surface area contributed by atoms with E-state index in [-0.39, 0.29) is 6.04 Å². The van der Waals surface area contributed by atoms with Gasteiger partial charge in [-0.15, -0.1) is 0 Å². The van der Waals surface area contributed by atoms with Crippen LogP contribution in [0.1, 0.15) is 43.9 Å². The van der Waals surface area contributed by atoms with Gasteiger partial charge in [0.1, 0.15) is 17.1 Å². The van der Waals surface area contributed by atoms with Crippen molar-refractivity contribution in [2.75, 3.05) is 18.4 Å². The van der Waals surface area contributed by atoms with E-state index >= 15 is 0 Å². The minimum absolute atomic E-state index is 0.256. The second kappa shape index (κ2) is 7.54. The number of rotatable bonds is 6. The molecule has 1 aromatic heterocycles. The third-order valence-corrected chi connectivity index (χ3v) is 6.87. The molecule has 0 unspecified atom stereocenters. The molecule has 3 rings (SSSR count). The molecule has 0 amide bonds. The number of aromatic amines is 1. The van der Waals surface area contributed by atoms with Crippen molar-refractivity contribution in [2.45, 2.75) is 44.0 Å². The van der Waals surface area contributed by atoms with Crippen molar-refractivity contribution in [1.29, 1.82) is 0 Å². The second-order valence-electron chi connectivity index (χ2n) is 6.32. The van der Waals surface area contributed by atoms with Gasteiger partial charge in [-0.1, -0.05) is 38.1 Å². The van der Waals surface area contributed by atoms with Gasteiger partial charge in [0.05, 0.1) is 0 Å². The number of aromatic nitrogens is 1. The topological polar surface area (TPSA) is 63.6 Å². The lowest BCUT2D eigenvalue weighted by molar-refractivity contribution is -0.364. The van der Waals surface area contributed by atoms with E-state index in [1.54, 1.807) is 12.3 Å². The zero-order valence-electron chi connectivity index (χ0n) is 14.8. The van der Waals surface area contributed by atoms with Crippen molar-refractivity contribution >= 4 is 15.8 Å². The summed E-state index contributed by atoms with van der Waals surface area (Å²) < 4.78 is 26.5. The highest BCUT2D eigenvalue weighted by atomic mass is 32.2. The third kappa shape index (κ3) is 3.70. The normalized spacial score (nSPS) is 17.3. The molecule has 2 aromatic rings. The Morgan fingerprint density at radius 2 is 1.92 bits per heavy atom. The smallest absolute Gasteiger partial charge is 0.268 e. The summed E-state index contributed by atoms with van der Waals surface area (Å²) in [6.45, 7) is 4.64. The summed E-state index contributed by atoms with van der Waals surface area (Å²) in [5.41, 5.74) is 2.73. The molecule has 134 valence electrons. The number of benzene rings is 1. The van der Waals surface area contributed by atoms with E-state index in [1.807, 2.05) is 19.9 Å². The molecular weight excluding hydrogens is 334 g/mol. The maximum atomic E-state index is 12.5. The van der Waals surface area contributed by atoms with Gasteiger partial charge in [0.2, 0.25) is 10.0 Å². The van der Waals surface area contributed by atoms with E-state index in [0.29, 0.717) is 18.0 Å². The second-order valence-corrected chi connectivity index (χ2v) is 8.25. The van der Waals surface area contributed by atoms with Crippen LogP contribution in [0.5, 0.6) is 0 Å². The Labute approximate surface area is 150 Å². The zero-order valence-corrected chi connectivity index (χ0v) is 15.6. The van der Waals surface area contributed by atoms with Gasteiger partial charge in [-0.2, -0.15) is 4.31 Å². The van der Waals surface area contributed by atoms with Gasteiger partial charge in [0, 0.05) is 19.2 Å². The average molecular weight is 361 g/mol. The molecule has 1 aliphatic carbocycles. The molecule has 2 N–H and O–H groups in total. The number of anilines is 1. The van der Waals surface area contributed by atoms with Crippen LogP contribution in [0.4, 0.5) is 5.82 Å². The summed E-state index contributed by atoms with van der Waals surface area (Å²) in [4.78, 5) is 3.40. The van der Waals surface area contributed by atoms with Crippen molar-refractivity contribution in [3.63, 3.8) is 0 Å². The average Bonchev–Trinajstić information content (AvgIpc) is 2.63. The largest absolute Gasteiger partial charge is 0.272 e. The Hall–Kier alpha value is -1.92. The van der Waals surface area contributed by atoms with Gasteiger partial charge in [0.15, 0.2) is 0 Å². The number of H-pyrrole nitrogens is 1. The van der Waals surface area contributed by atoms with Crippen LogP contribution in [0.3, 0.4) is 0 Å². The zero-order chi connectivity index (χ0) is 17.9. The van der Waals surface area contributed by atoms with Crippen molar-refractivity contribution in [1.82, 2.24) is 4.31 Å². The molecule has 0 aliphatic heterocycles. The molecule has 25 heavy (non-hydrogen) atoms. The fraction of sp³-hybridized carbons (Fsp3) is 0.421. The Bertz CT molecular complexity index is 815. The van der Waals surface area contributed by atoms with Gasteiger partial charge in [-0.3, -0.25) is 5.32 Å². The van der Waals surface area contributed by atoms with E-state index in [1.165, 1.54) is 15.4 Å². The van der Waals surface area contributed by atoms with E-state index in [4.69, 9.17) is 0 Å². The van der Waals surface area contributed by atoms with E-state index in [0.717, 1.165) is 25.1 Å². The summed E-state index contributed by atoms with van der Waals surface area (Å²) in [7, 11) is -3.43. The van der Waals surface area contributed by atoms with Crippen LogP contribution in [0.2, 0.25) is 0 Å². The van der Waals surface area contributed by atoms with Gasteiger partial charge in [-0.05, 0) is 36.5 Å². The highest BCUT2D eigenvalue weighted by Gasteiger charge is 2.25. The number of nitrogens with one attached hydrogen (secondary N) is 2. The van der Waals surface area contributed by atoms with Gasteiger partial charge in [-0.25, -0.2) is 13.4 Å². The SMILES string of the molecule is CCN(CC)S(=O)(=O)c1ccc(N[C@@H]2CCCc3ccccc32)[nH+]c1. The Morgan fingerprint density at radius 1 is 1.16 bits per heavy atom. The van der Waals surface area contributed by atoms with Crippen LogP contribution in [-0.2, 0) is 16.4 Å². The lowest BCUT2D eigenvalue weighted by Gasteiger charge is -2.23. The first-order valence-corrected chi connectivity index (χ1v) is 10.4. The minimum Gasteiger partial charge on any atom is -0.268 e. The molecule has 0 radical (unpaired) electrons. The molecule has 1 atom stereocenters. The van der Waals surface area contributed by atoms with Gasteiger partial charge >= 0.3 is 0 Å². The Kier molecular flexibility index (Phi) is 5.39. The van der Waals surface area contributed by atoms with Crippen LogP contribution >= 0.6 is 0 Å². The first kappa shape index (κ1) is 17.9. The fourth-order valence-corrected chi connectivity index (χ4v) is 4.89. The summed E-state index contributed by atoms with van der Waals surface area (Å²) in [6.07, 6.45) is 4.93. The lowest BCUT2D eigenvalue weighted by Crippen LogP contribution is -2.31. The summed E-state index contributed by atoms with van der Waals surface area (Å²) in [5, 5.41) is 3.51. The Morgan fingerprint density at radius 3 is 2.60 bits per heavy atom. The lowest BCUT2D eigenvalue weighted by atomic mass is 9.88. The van der Waals surface area contributed by atoms with E-state index in [9.17, 15) is 8.42 Å². The standard InChI is InChI=1S/C19H25N3O2S/c1-3-22(4-2)25(23,24)16-12-13-19(20-14-16)21-18-11-7-9-15-8-5-6-10-17(15)18/h5-6,8,10,12-14,18H,3-4,7,9,11H2,1-2H3,(H,20,21)/p+1/t18-/m1/s1. The number of pyridine rings is 1. The number of hydrogen-bond donors (Lipinski definition) is 1. The molecule has 6 heteroatoms. The first-order valence-electron chi connectivity index (χ1n) is 8.92. The predicted molar refractivity (Wildman–Crippen MR) is 98.8 cm³/mol. The summed E-state index contributed by atoms with van der Waals surface area (Å²) in [6, 6.07) is 12.3. The summed E-state index contributed by atoms with van der Waals surface area (Å²) >= 11 is 0. The molecule has 0 spiro atoms. The molecule has 0 bridgehead atoms. The predicted octanol–water partition coefficient (Wildman–Crippen LogP) is 3.02. The molecule has 0 saturated carbocycles. The number of aryl methyl sites for hydroxylation is 1.